The predicted octanol–water partition coefficient (Wildman–Crippen LogP) is 1.76. The number of hydrogen-bond donors (Lipinski definition) is 2. The third-order valence-corrected chi connectivity index (χ3v) is 2.21. The lowest BCUT2D eigenvalue weighted by Crippen LogP contribution is -2.12. The van der Waals surface area contributed by atoms with E-state index < -0.39 is 0 Å². The van der Waals surface area contributed by atoms with Crippen molar-refractivity contribution in [1.82, 2.24) is 4.98 Å². The van der Waals surface area contributed by atoms with Crippen LogP contribution >= 0.6 is 0 Å². The Hall–Kier alpha value is -1.80. The number of nitrogens with one attached hydrogen (secondary N) is 1. The Labute approximate surface area is 102 Å². The van der Waals surface area contributed by atoms with Gasteiger partial charge in [0.2, 0.25) is 0 Å². The molecular weight excluding hydrogens is 216 g/mol. The molecule has 0 spiro atoms. The van der Waals surface area contributed by atoms with Crippen molar-refractivity contribution in [3.8, 4) is 6.07 Å². The molecule has 5 heteroatoms. The molecule has 0 radical (unpaired) electrons. The molecule has 0 aliphatic carbocycles. The Morgan fingerprint density at radius 2 is 2.35 bits per heavy atom. The molecule has 0 aliphatic rings. The van der Waals surface area contributed by atoms with Crippen molar-refractivity contribution in [1.29, 1.82) is 5.26 Å². The van der Waals surface area contributed by atoms with Gasteiger partial charge in [0.05, 0.1) is 24.1 Å². The Morgan fingerprint density at radius 3 is 3.06 bits per heavy atom. The van der Waals surface area contributed by atoms with Crippen molar-refractivity contribution in [3.05, 3.63) is 17.8 Å². The molecule has 5 nitrogen and oxygen atoms in total. The van der Waals surface area contributed by atoms with Crippen LogP contribution in [0.25, 0.3) is 0 Å². The molecule has 0 aliphatic heterocycles. The van der Waals surface area contributed by atoms with E-state index in [1.807, 2.05) is 0 Å². The first-order chi connectivity index (χ1) is 8.27. The van der Waals surface area contributed by atoms with E-state index in [2.05, 4.69) is 23.3 Å². The molecule has 0 fully saturated rings. The number of nitrogens with zero attached hydrogens (tertiary/aromatic N) is 2. The summed E-state index contributed by atoms with van der Waals surface area (Å²) in [5.74, 6) is 0.556. The maximum absolute atomic E-state index is 8.90. The van der Waals surface area contributed by atoms with Crippen LogP contribution in [0, 0.1) is 11.3 Å². The minimum Gasteiger partial charge on any atom is -0.397 e. The Balaban J connectivity index is 2.34. The van der Waals surface area contributed by atoms with Gasteiger partial charge in [0.25, 0.3) is 0 Å². The smallest absolute Gasteiger partial charge is 0.144 e. The van der Waals surface area contributed by atoms with Gasteiger partial charge in [0.1, 0.15) is 11.9 Å². The molecule has 0 atom stereocenters. The van der Waals surface area contributed by atoms with Gasteiger partial charge in [-0.2, -0.15) is 5.26 Å². The number of rotatable bonds is 7. The standard InChI is InChI=1S/C12H18N4O/c1-2-3-5-17-6-4-15-12-10(8-13)7-11(14)9-16-12/h7,9H,2-6,14H2,1H3,(H,15,16). The van der Waals surface area contributed by atoms with Gasteiger partial charge in [-0.25, -0.2) is 4.98 Å². The highest BCUT2D eigenvalue weighted by Gasteiger charge is 2.02. The zero-order chi connectivity index (χ0) is 12.5. The highest BCUT2D eigenvalue weighted by molar-refractivity contribution is 5.57. The number of aromatic nitrogens is 1. The zero-order valence-corrected chi connectivity index (χ0v) is 10.1. The SMILES string of the molecule is CCCCOCCNc1ncc(N)cc1C#N. The molecule has 0 amide bonds. The van der Waals surface area contributed by atoms with Crippen LogP contribution in [-0.2, 0) is 4.74 Å². The van der Waals surface area contributed by atoms with Crippen LogP contribution in [-0.4, -0.2) is 24.7 Å². The van der Waals surface area contributed by atoms with E-state index in [0.29, 0.717) is 30.2 Å². The fourth-order valence-electron chi connectivity index (χ4n) is 1.30. The summed E-state index contributed by atoms with van der Waals surface area (Å²) in [5, 5.41) is 12.0. The van der Waals surface area contributed by atoms with Gasteiger partial charge in [-0.1, -0.05) is 13.3 Å². The summed E-state index contributed by atoms with van der Waals surface area (Å²) in [4.78, 5) is 4.07. The first-order valence-corrected chi connectivity index (χ1v) is 5.75. The summed E-state index contributed by atoms with van der Waals surface area (Å²) in [6.07, 6.45) is 3.73. The zero-order valence-electron chi connectivity index (χ0n) is 10.1. The van der Waals surface area contributed by atoms with Gasteiger partial charge in [-0.05, 0) is 12.5 Å². The first kappa shape index (κ1) is 13.3. The van der Waals surface area contributed by atoms with Crippen LogP contribution in [0.15, 0.2) is 12.3 Å². The number of nitrogen functional groups attached to an aromatic ring is 1. The van der Waals surface area contributed by atoms with Crippen LogP contribution in [0.5, 0.6) is 0 Å². The summed E-state index contributed by atoms with van der Waals surface area (Å²) >= 11 is 0. The predicted molar refractivity (Wildman–Crippen MR) is 67.6 cm³/mol. The number of nitrogens with two attached hydrogens (primary N) is 1. The fraction of sp³-hybridized carbons (Fsp3) is 0.500. The summed E-state index contributed by atoms with van der Waals surface area (Å²) in [5.41, 5.74) is 6.50. The number of hydrogen-bond acceptors (Lipinski definition) is 5. The highest BCUT2D eigenvalue weighted by atomic mass is 16.5. The average molecular weight is 234 g/mol. The lowest BCUT2D eigenvalue weighted by Gasteiger charge is -2.08. The number of nitriles is 1. The van der Waals surface area contributed by atoms with Crippen LogP contribution in [0.4, 0.5) is 11.5 Å². The molecule has 92 valence electrons. The quantitative estimate of drug-likeness (QED) is 0.702. The molecule has 1 aromatic rings. The molecule has 17 heavy (non-hydrogen) atoms. The summed E-state index contributed by atoms with van der Waals surface area (Å²) in [7, 11) is 0. The molecule has 1 heterocycles. The van der Waals surface area contributed by atoms with Gasteiger partial charge in [-0.3, -0.25) is 0 Å². The van der Waals surface area contributed by atoms with Crippen molar-refractivity contribution in [2.24, 2.45) is 0 Å². The maximum atomic E-state index is 8.90. The van der Waals surface area contributed by atoms with E-state index in [-0.39, 0.29) is 0 Å². The Bertz CT molecular complexity index is 387. The van der Waals surface area contributed by atoms with Crippen LogP contribution in [0.3, 0.4) is 0 Å². The van der Waals surface area contributed by atoms with Crippen LogP contribution in [0.1, 0.15) is 25.3 Å². The lowest BCUT2D eigenvalue weighted by molar-refractivity contribution is 0.141. The second kappa shape index (κ2) is 7.47. The van der Waals surface area contributed by atoms with E-state index >= 15 is 0 Å². The Morgan fingerprint density at radius 1 is 1.53 bits per heavy atom. The van der Waals surface area contributed by atoms with Crippen molar-refractivity contribution in [2.75, 3.05) is 30.8 Å². The van der Waals surface area contributed by atoms with E-state index in [9.17, 15) is 0 Å². The minimum atomic E-state index is 0.457. The van der Waals surface area contributed by atoms with Crippen molar-refractivity contribution in [2.45, 2.75) is 19.8 Å². The molecule has 0 aromatic carbocycles. The number of pyridine rings is 1. The van der Waals surface area contributed by atoms with E-state index in [0.717, 1.165) is 19.4 Å². The monoisotopic (exact) mass is 234 g/mol. The summed E-state index contributed by atoms with van der Waals surface area (Å²) in [6.45, 7) is 4.14. The number of ether oxygens (including phenoxy) is 1. The molecule has 1 rings (SSSR count). The second-order valence-corrected chi connectivity index (χ2v) is 3.67. The van der Waals surface area contributed by atoms with Crippen LogP contribution in [0.2, 0.25) is 0 Å². The van der Waals surface area contributed by atoms with E-state index in [1.54, 1.807) is 6.07 Å². The molecule has 0 bridgehead atoms. The van der Waals surface area contributed by atoms with Crippen molar-refractivity contribution in [3.63, 3.8) is 0 Å². The first-order valence-electron chi connectivity index (χ1n) is 5.75. The van der Waals surface area contributed by atoms with Gasteiger partial charge in [0.15, 0.2) is 0 Å². The van der Waals surface area contributed by atoms with Gasteiger partial charge in [0, 0.05) is 13.2 Å². The molecule has 0 unspecified atom stereocenters. The van der Waals surface area contributed by atoms with E-state index in [4.69, 9.17) is 15.7 Å². The fourth-order valence-corrected chi connectivity index (χ4v) is 1.30. The van der Waals surface area contributed by atoms with Gasteiger partial charge >= 0.3 is 0 Å². The second-order valence-electron chi connectivity index (χ2n) is 3.67. The molecule has 3 N–H and O–H groups in total. The summed E-state index contributed by atoms with van der Waals surface area (Å²) < 4.78 is 5.40. The third-order valence-electron chi connectivity index (χ3n) is 2.21. The maximum Gasteiger partial charge on any atom is 0.144 e. The largest absolute Gasteiger partial charge is 0.397 e. The molecule has 0 saturated carbocycles. The topological polar surface area (TPSA) is 84.0 Å². The molecular formula is C12H18N4O. The van der Waals surface area contributed by atoms with Crippen molar-refractivity contribution < 1.29 is 4.74 Å². The number of unbranched alkanes of at least 4 members (excludes halogenated alkanes) is 1. The van der Waals surface area contributed by atoms with Crippen molar-refractivity contribution >= 4 is 11.5 Å². The molecule has 0 saturated heterocycles. The van der Waals surface area contributed by atoms with E-state index in [1.165, 1.54) is 6.20 Å². The Kier molecular flexibility index (Phi) is 5.83. The van der Waals surface area contributed by atoms with Gasteiger partial charge < -0.3 is 15.8 Å². The number of anilines is 2. The normalized spacial score (nSPS) is 9.88. The lowest BCUT2D eigenvalue weighted by atomic mass is 10.2. The average Bonchev–Trinajstić information content (AvgIpc) is 2.35. The third kappa shape index (κ3) is 4.70. The molecule has 1 aromatic heterocycles. The summed E-state index contributed by atoms with van der Waals surface area (Å²) in [6, 6.07) is 3.66. The van der Waals surface area contributed by atoms with Gasteiger partial charge in [-0.15, -0.1) is 0 Å². The van der Waals surface area contributed by atoms with Crippen LogP contribution < -0.4 is 11.1 Å². The minimum absolute atomic E-state index is 0.457. The highest BCUT2D eigenvalue weighted by Crippen LogP contribution is 2.13.